The number of aryl methyl sites for hydroxylation is 1. The van der Waals surface area contributed by atoms with Crippen LogP contribution in [0.25, 0.3) is 0 Å². The minimum absolute atomic E-state index is 0.0416. The third-order valence-corrected chi connectivity index (χ3v) is 5.53. The number of furan rings is 1. The maximum atomic E-state index is 10.8. The average Bonchev–Trinajstić information content (AvgIpc) is 2.65. The van der Waals surface area contributed by atoms with Crippen molar-refractivity contribution in [1.29, 1.82) is 0 Å². The second-order valence-electron chi connectivity index (χ2n) is 6.26. The van der Waals surface area contributed by atoms with Crippen LogP contribution in [0.1, 0.15) is 56.1 Å². The summed E-state index contributed by atoms with van der Waals surface area (Å²) in [6.07, 6.45) is 6.25. The average molecular weight is 234 g/mol. The Kier molecular flexibility index (Phi) is 2.41. The van der Waals surface area contributed by atoms with E-state index in [1.807, 2.05) is 6.92 Å². The van der Waals surface area contributed by atoms with Gasteiger partial charge in [-0.15, -0.1) is 0 Å². The summed E-state index contributed by atoms with van der Waals surface area (Å²) in [6.45, 7) is 6.63. The van der Waals surface area contributed by atoms with Gasteiger partial charge in [0.15, 0.2) is 0 Å². The molecular weight excluding hydrogens is 212 g/mol. The SMILES string of the molecule is Cc1coc2c1[C@@H](O)[C@@]1(C)[C@H](CCC[C@@H]1C)C2. The Morgan fingerprint density at radius 3 is 2.94 bits per heavy atom. The summed E-state index contributed by atoms with van der Waals surface area (Å²) in [4.78, 5) is 0. The lowest BCUT2D eigenvalue weighted by atomic mass is 9.54. The summed E-state index contributed by atoms with van der Waals surface area (Å²) in [7, 11) is 0. The van der Waals surface area contributed by atoms with Crippen LogP contribution in [-0.4, -0.2) is 5.11 Å². The number of rotatable bonds is 0. The van der Waals surface area contributed by atoms with Crippen molar-refractivity contribution in [1.82, 2.24) is 0 Å². The Morgan fingerprint density at radius 2 is 2.18 bits per heavy atom. The normalized spacial score (nSPS) is 40.8. The third kappa shape index (κ3) is 1.36. The molecule has 0 radical (unpaired) electrons. The van der Waals surface area contributed by atoms with Crippen molar-refractivity contribution >= 4 is 0 Å². The predicted molar refractivity (Wildman–Crippen MR) is 66.7 cm³/mol. The molecule has 2 aliphatic rings. The summed E-state index contributed by atoms with van der Waals surface area (Å²) in [5.41, 5.74) is 2.24. The summed E-state index contributed by atoms with van der Waals surface area (Å²) in [6, 6.07) is 0. The van der Waals surface area contributed by atoms with Gasteiger partial charge in [-0.2, -0.15) is 0 Å². The molecule has 3 rings (SSSR count). The van der Waals surface area contributed by atoms with E-state index in [0.29, 0.717) is 11.8 Å². The molecule has 1 N–H and O–H groups in total. The zero-order valence-corrected chi connectivity index (χ0v) is 11.0. The molecule has 1 aromatic rings. The summed E-state index contributed by atoms with van der Waals surface area (Å²) >= 11 is 0. The third-order valence-electron chi connectivity index (χ3n) is 5.53. The molecule has 0 unspecified atom stereocenters. The molecule has 1 saturated carbocycles. The van der Waals surface area contributed by atoms with Gasteiger partial charge in [-0.1, -0.05) is 26.7 Å². The maximum Gasteiger partial charge on any atom is 0.110 e. The number of hydrogen-bond donors (Lipinski definition) is 1. The van der Waals surface area contributed by atoms with Crippen molar-refractivity contribution in [2.45, 2.75) is 52.6 Å². The van der Waals surface area contributed by atoms with Crippen molar-refractivity contribution < 1.29 is 9.52 Å². The quantitative estimate of drug-likeness (QED) is 0.743. The first-order valence-corrected chi connectivity index (χ1v) is 6.80. The molecule has 0 amide bonds. The fourth-order valence-corrected chi connectivity index (χ4v) is 4.08. The molecule has 1 heterocycles. The Bertz CT molecular complexity index is 434. The van der Waals surface area contributed by atoms with Crippen LogP contribution in [-0.2, 0) is 6.42 Å². The highest BCUT2D eigenvalue weighted by atomic mass is 16.3. The van der Waals surface area contributed by atoms with Gasteiger partial charge in [0.1, 0.15) is 5.76 Å². The molecule has 0 aliphatic heterocycles. The van der Waals surface area contributed by atoms with Crippen molar-refractivity contribution in [2.24, 2.45) is 17.3 Å². The topological polar surface area (TPSA) is 33.4 Å². The molecule has 1 fully saturated rings. The van der Waals surface area contributed by atoms with Gasteiger partial charge in [-0.25, -0.2) is 0 Å². The highest BCUT2D eigenvalue weighted by Gasteiger charge is 2.51. The van der Waals surface area contributed by atoms with E-state index in [0.717, 1.165) is 23.3 Å². The first-order valence-electron chi connectivity index (χ1n) is 6.80. The van der Waals surface area contributed by atoms with Gasteiger partial charge in [0.25, 0.3) is 0 Å². The Morgan fingerprint density at radius 1 is 1.41 bits per heavy atom. The standard InChI is InChI=1S/C15H22O2/c1-9-8-17-12-7-11-6-4-5-10(2)15(11,3)14(16)13(9)12/h8,10-11,14,16H,4-7H2,1-3H3/t10-,11+,14+,15+/m0/s1. The monoisotopic (exact) mass is 234 g/mol. The predicted octanol–water partition coefficient (Wildman–Crippen LogP) is 3.62. The Balaban J connectivity index is 2.10. The molecule has 0 saturated heterocycles. The molecule has 0 aromatic carbocycles. The number of hydrogen-bond acceptors (Lipinski definition) is 2. The van der Waals surface area contributed by atoms with Crippen molar-refractivity contribution in [3.8, 4) is 0 Å². The highest BCUT2D eigenvalue weighted by molar-refractivity contribution is 5.34. The minimum Gasteiger partial charge on any atom is -0.469 e. The van der Waals surface area contributed by atoms with Crippen LogP contribution in [0.3, 0.4) is 0 Å². The first-order chi connectivity index (χ1) is 8.05. The number of fused-ring (bicyclic) bond motifs is 2. The molecule has 17 heavy (non-hydrogen) atoms. The zero-order valence-electron chi connectivity index (χ0n) is 11.0. The molecule has 2 heteroatoms. The largest absolute Gasteiger partial charge is 0.469 e. The lowest BCUT2D eigenvalue weighted by Crippen LogP contribution is -2.46. The zero-order chi connectivity index (χ0) is 12.2. The van der Waals surface area contributed by atoms with E-state index >= 15 is 0 Å². The van der Waals surface area contributed by atoms with E-state index in [9.17, 15) is 5.11 Å². The highest BCUT2D eigenvalue weighted by Crippen LogP contribution is 2.57. The summed E-state index contributed by atoms with van der Waals surface area (Å²) in [5, 5.41) is 10.8. The van der Waals surface area contributed by atoms with Gasteiger partial charge >= 0.3 is 0 Å². The molecule has 94 valence electrons. The van der Waals surface area contributed by atoms with Crippen LogP contribution >= 0.6 is 0 Å². The molecule has 2 aliphatic carbocycles. The Hall–Kier alpha value is -0.760. The molecule has 0 spiro atoms. The smallest absolute Gasteiger partial charge is 0.110 e. The van der Waals surface area contributed by atoms with Crippen LogP contribution in [0.2, 0.25) is 0 Å². The van der Waals surface area contributed by atoms with Gasteiger partial charge in [-0.3, -0.25) is 0 Å². The lowest BCUT2D eigenvalue weighted by Gasteiger charge is -2.51. The van der Waals surface area contributed by atoms with E-state index in [2.05, 4.69) is 13.8 Å². The van der Waals surface area contributed by atoms with E-state index < -0.39 is 0 Å². The van der Waals surface area contributed by atoms with Crippen LogP contribution in [0, 0.1) is 24.2 Å². The molecular formula is C15H22O2. The second-order valence-corrected chi connectivity index (χ2v) is 6.26. The van der Waals surface area contributed by atoms with Gasteiger partial charge in [0, 0.05) is 17.4 Å². The van der Waals surface area contributed by atoms with Gasteiger partial charge in [0.05, 0.1) is 12.4 Å². The van der Waals surface area contributed by atoms with E-state index in [-0.39, 0.29) is 11.5 Å². The van der Waals surface area contributed by atoms with E-state index in [1.165, 1.54) is 19.3 Å². The second kappa shape index (κ2) is 3.61. The van der Waals surface area contributed by atoms with Crippen LogP contribution in [0.5, 0.6) is 0 Å². The van der Waals surface area contributed by atoms with Gasteiger partial charge in [0.2, 0.25) is 0 Å². The molecule has 0 bridgehead atoms. The van der Waals surface area contributed by atoms with E-state index in [4.69, 9.17) is 4.42 Å². The fraction of sp³-hybridized carbons (Fsp3) is 0.733. The maximum absolute atomic E-state index is 10.8. The van der Waals surface area contributed by atoms with Crippen molar-refractivity contribution in [2.75, 3.05) is 0 Å². The summed E-state index contributed by atoms with van der Waals surface area (Å²) < 4.78 is 5.63. The Labute approximate surface area is 103 Å². The number of aliphatic hydroxyl groups excluding tert-OH is 1. The lowest BCUT2D eigenvalue weighted by molar-refractivity contribution is -0.0848. The molecule has 4 atom stereocenters. The van der Waals surface area contributed by atoms with Crippen LogP contribution < -0.4 is 0 Å². The minimum atomic E-state index is -0.342. The molecule has 2 nitrogen and oxygen atoms in total. The first kappa shape index (κ1) is 11.3. The van der Waals surface area contributed by atoms with Crippen molar-refractivity contribution in [3.63, 3.8) is 0 Å². The summed E-state index contributed by atoms with van der Waals surface area (Å²) in [5.74, 6) is 2.21. The van der Waals surface area contributed by atoms with Crippen LogP contribution in [0.4, 0.5) is 0 Å². The fourth-order valence-electron chi connectivity index (χ4n) is 4.08. The molecule has 1 aromatic heterocycles. The van der Waals surface area contributed by atoms with Gasteiger partial charge in [-0.05, 0) is 30.7 Å². The van der Waals surface area contributed by atoms with Crippen LogP contribution in [0.15, 0.2) is 10.7 Å². The van der Waals surface area contributed by atoms with Gasteiger partial charge < -0.3 is 9.52 Å². The van der Waals surface area contributed by atoms with E-state index in [1.54, 1.807) is 6.26 Å². The number of aliphatic hydroxyl groups is 1. The van der Waals surface area contributed by atoms with Crippen molar-refractivity contribution in [3.05, 3.63) is 23.2 Å².